The molecule has 0 bridgehead atoms. The van der Waals surface area contributed by atoms with E-state index in [0.29, 0.717) is 18.8 Å². The van der Waals surface area contributed by atoms with E-state index in [1.165, 1.54) is 12.1 Å². The largest absolute Gasteiger partial charge is 0.497 e. The van der Waals surface area contributed by atoms with E-state index in [4.69, 9.17) is 9.47 Å². The molecule has 3 nitrogen and oxygen atoms in total. The summed E-state index contributed by atoms with van der Waals surface area (Å²) in [6.07, 6.45) is -0.804. The van der Waals surface area contributed by atoms with Gasteiger partial charge in [0.25, 0.3) is 0 Å². The Morgan fingerprint density at radius 1 is 0.893 bits per heavy atom. The van der Waals surface area contributed by atoms with Gasteiger partial charge in [0.15, 0.2) is 0 Å². The first-order valence-electron chi connectivity index (χ1n) is 9.22. The van der Waals surface area contributed by atoms with Crippen LogP contribution in [0.2, 0.25) is 0 Å². The van der Waals surface area contributed by atoms with Crippen LogP contribution in [0.15, 0.2) is 60.7 Å². The zero-order valence-corrected chi connectivity index (χ0v) is 16.4. The maximum absolute atomic E-state index is 13.3. The molecule has 0 aliphatic carbocycles. The minimum absolute atomic E-state index is 0.301. The van der Waals surface area contributed by atoms with Gasteiger partial charge >= 0.3 is 0 Å². The second-order valence-electron chi connectivity index (χ2n) is 6.93. The van der Waals surface area contributed by atoms with Crippen molar-refractivity contribution in [1.29, 1.82) is 0 Å². The maximum Gasteiger partial charge on any atom is 0.123 e. The van der Waals surface area contributed by atoms with E-state index < -0.39 is 6.10 Å². The minimum atomic E-state index is -0.804. The molecule has 28 heavy (non-hydrogen) atoms. The fourth-order valence-electron chi connectivity index (χ4n) is 3.14. The number of rotatable bonds is 7. The molecule has 1 N–H and O–H groups in total. The summed E-state index contributed by atoms with van der Waals surface area (Å²) in [6.45, 7) is 4.76. The first-order chi connectivity index (χ1) is 13.5. The third kappa shape index (κ3) is 4.77. The quantitative estimate of drug-likeness (QED) is 0.608. The second-order valence-corrected chi connectivity index (χ2v) is 6.93. The fraction of sp³-hybridized carbons (Fsp3) is 0.250. The number of methoxy groups -OCH3 is 1. The van der Waals surface area contributed by atoms with Crippen molar-refractivity contribution in [1.82, 2.24) is 0 Å². The summed E-state index contributed by atoms with van der Waals surface area (Å²) in [5, 5.41) is 10.8. The smallest absolute Gasteiger partial charge is 0.123 e. The lowest BCUT2D eigenvalue weighted by Gasteiger charge is -2.17. The number of ether oxygens (including phenoxy) is 2. The summed E-state index contributed by atoms with van der Waals surface area (Å²) in [7, 11) is 1.64. The molecule has 0 saturated heterocycles. The van der Waals surface area contributed by atoms with E-state index in [1.807, 2.05) is 49.4 Å². The van der Waals surface area contributed by atoms with Crippen molar-refractivity contribution in [2.24, 2.45) is 0 Å². The van der Waals surface area contributed by atoms with Crippen LogP contribution in [0.25, 0.3) is 0 Å². The van der Waals surface area contributed by atoms with Gasteiger partial charge in [-0.15, -0.1) is 0 Å². The molecule has 0 saturated carbocycles. The number of hydrogen-bond donors (Lipinski definition) is 1. The van der Waals surface area contributed by atoms with E-state index in [2.05, 4.69) is 0 Å². The molecular weight excluding hydrogens is 355 g/mol. The molecule has 0 amide bonds. The Hall–Kier alpha value is -2.69. The molecule has 3 aromatic rings. The van der Waals surface area contributed by atoms with E-state index in [1.54, 1.807) is 20.1 Å². The van der Waals surface area contributed by atoms with Crippen molar-refractivity contribution in [3.05, 3.63) is 99.9 Å². The third-order valence-corrected chi connectivity index (χ3v) is 4.90. The number of aryl methyl sites for hydroxylation is 2. The summed E-state index contributed by atoms with van der Waals surface area (Å²) >= 11 is 0. The average molecular weight is 380 g/mol. The van der Waals surface area contributed by atoms with Crippen LogP contribution in [0.4, 0.5) is 4.39 Å². The second kappa shape index (κ2) is 9.00. The molecule has 0 aromatic heterocycles. The molecule has 0 fully saturated rings. The summed E-state index contributed by atoms with van der Waals surface area (Å²) in [5.74, 6) is 0.516. The van der Waals surface area contributed by atoms with Crippen molar-refractivity contribution in [3.63, 3.8) is 0 Å². The minimum Gasteiger partial charge on any atom is -0.497 e. The lowest BCUT2D eigenvalue weighted by molar-refractivity contribution is 0.106. The fourth-order valence-corrected chi connectivity index (χ4v) is 3.14. The van der Waals surface area contributed by atoms with Crippen LogP contribution in [0.3, 0.4) is 0 Å². The molecule has 146 valence electrons. The standard InChI is InChI=1S/C24H25FO3/c1-16-4-7-19(24(26)23-11-8-21(25)12-17(23)2)13-20(16)15-28-14-18-5-9-22(27-3)10-6-18/h4-13,24,26H,14-15H2,1-3H3. The lowest BCUT2D eigenvalue weighted by Crippen LogP contribution is -2.05. The molecule has 3 rings (SSSR count). The highest BCUT2D eigenvalue weighted by atomic mass is 19.1. The van der Waals surface area contributed by atoms with Gasteiger partial charge in [0.1, 0.15) is 17.7 Å². The molecule has 0 aliphatic heterocycles. The van der Waals surface area contributed by atoms with Gasteiger partial charge in [-0.05, 0) is 71.5 Å². The van der Waals surface area contributed by atoms with Crippen molar-refractivity contribution < 1.29 is 19.0 Å². The van der Waals surface area contributed by atoms with Crippen molar-refractivity contribution in [3.8, 4) is 5.75 Å². The van der Waals surface area contributed by atoms with Crippen molar-refractivity contribution in [2.45, 2.75) is 33.2 Å². The highest BCUT2D eigenvalue weighted by Crippen LogP contribution is 2.27. The van der Waals surface area contributed by atoms with E-state index in [0.717, 1.165) is 33.6 Å². The SMILES string of the molecule is COc1ccc(COCc2cc(C(O)c3ccc(F)cc3C)ccc2C)cc1. The van der Waals surface area contributed by atoms with Crippen LogP contribution < -0.4 is 4.74 Å². The molecule has 0 aliphatic rings. The van der Waals surface area contributed by atoms with Crippen LogP contribution in [0, 0.1) is 19.7 Å². The van der Waals surface area contributed by atoms with E-state index in [9.17, 15) is 9.50 Å². The van der Waals surface area contributed by atoms with Gasteiger partial charge in [-0.1, -0.05) is 36.4 Å². The predicted octanol–water partition coefficient (Wildman–Crippen LogP) is 5.25. The zero-order chi connectivity index (χ0) is 20.1. The summed E-state index contributed by atoms with van der Waals surface area (Å²) < 4.78 is 24.4. The van der Waals surface area contributed by atoms with Gasteiger partial charge in [-0.2, -0.15) is 0 Å². The third-order valence-electron chi connectivity index (χ3n) is 4.90. The summed E-state index contributed by atoms with van der Waals surface area (Å²) in [4.78, 5) is 0. The zero-order valence-electron chi connectivity index (χ0n) is 16.4. The van der Waals surface area contributed by atoms with Gasteiger partial charge in [0.05, 0.1) is 20.3 Å². The molecule has 3 aromatic carbocycles. The Kier molecular flexibility index (Phi) is 6.45. The molecular formula is C24H25FO3. The van der Waals surface area contributed by atoms with Crippen molar-refractivity contribution in [2.75, 3.05) is 7.11 Å². The van der Waals surface area contributed by atoms with Crippen LogP contribution in [-0.4, -0.2) is 12.2 Å². The summed E-state index contributed by atoms with van der Waals surface area (Å²) in [6, 6.07) is 18.0. The van der Waals surface area contributed by atoms with Gasteiger partial charge in [-0.25, -0.2) is 4.39 Å². The van der Waals surface area contributed by atoms with Gasteiger partial charge in [0, 0.05) is 0 Å². The van der Waals surface area contributed by atoms with E-state index in [-0.39, 0.29) is 5.82 Å². The Balaban J connectivity index is 1.70. The molecule has 1 unspecified atom stereocenters. The molecule has 0 radical (unpaired) electrons. The first kappa shape index (κ1) is 20.1. The summed E-state index contributed by atoms with van der Waals surface area (Å²) in [5.41, 5.74) is 5.38. The molecule has 0 spiro atoms. The highest BCUT2D eigenvalue weighted by Gasteiger charge is 2.15. The number of aliphatic hydroxyl groups excluding tert-OH is 1. The van der Waals surface area contributed by atoms with Gasteiger partial charge < -0.3 is 14.6 Å². The molecule has 1 atom stereocenters. The first-order valence-corrected chi connectivity index (χ1v) is 9.22. The number of aliphatic hydroxyl groups is 1. The lowest BCUT2D eigenvalue weighted by atomic mass is 9.95. The maximum atomic E-state index is 13.3. The Labute approximate surface area is 165 Å². The molecule has 0 heterocycles. The monoisotopic (exact) mass is 380 g/mol. The Morgan fingerprint density at radius 3 is 2.32 bits per heavy atom. The number of benzene rings is 3. The Morgan fingerprint density at radius 2 is 1.64 bits per heavy atom. The molecule has 4 heteroatoms. The average Bonchev–Trinajstić information content (AvgIpc) is 2.69. The highest BCUT2D eigenvalue weighted by molar-refractivity contribution is 5.39. The van der Waals surface area contributed by atoms with Crippen LogP contribution in [0.1, 0.15) is 39.5 Å². The van der Waals surface area contributed by atoms with Crippen molar-refractivity contribution >= 4 is 0 Å². The predicted molar refractivity (Wildman–Crippen MR) is 108 cm³/mol. The van der Waals surface area contributed by atoms with E-state index >= 15 is 0 Å². The van der Waals surface area contributed by atoms with Gasteiger partial charge in [-0.3, -0.25) is 0 Å². The van der Waals surface area contributed by atoms with Crippen LogP contribution in [0.5, 0.6) is 5.75 Å². The number of halogens is 1. The Bertz CT molecular complexity index is 935. The van der Waals surface area contributed by atoms with Gasteiger partial charge in [0.2, 0.25) is 0 Å². The van der Waals surface area contributed by atoms with Crippen LogP contribution in [-0.2, 0) is 18.0 Å². The number of hydrogen-bond acceptors (Lipinski definition) is 3. The normalized spacial score (nSPS) is 12.0. The topological polar surface area (TPSA) is 38.7 Å². The van der Waals surface area contributed by atoms with Crippen LogP contribution >= 0.6 is 0 Å².